The number of carbonyl (C=O) groups excluding carboxylic acids is 2. The maximum atomic E-state index is 12.2. The molecule has 3 rings (SSSR count). The van der Waals surface area contributed by atoms with Gasteiger partial charge in [-0.05, 0) is 30.4 Å². The van der Waals surface area contributed by atoms with E-state index in [2.05, 4.69) is 28.6 Å². The summed E-state index contributed by atoms with van der Waals surface area (Å²) in [6.07, 6.45) is 1.45. The molecule has 5 nitrogen and oxygen atoms in total. The maximum absolute atomic E-state index is 12.2. The lowest BCUT2D eigenvalue weighted by molar-refractivity contribution is -0.128. The standard InChI is InChI=1S/C16H23N3O2S/c1-11(19-5-3-14-12(10-19)4-6-22-14)8-17-16(21)13-7-15(20)18(2)9-13/h4,6,11,13H,3,5,7-10H2,1-2H3,(H,17,21)/t11-,13+/m1/s1. The number of hydrogen-bond acceptors (Lipinski definition) is 4. The van der Waals surface area contributed by atoms with Crippen LogP contribution in [-0.4, -0.2) is 54.3 Å². The van der Waals surface area contributed by atoms with Crippen LogP contribution in [0.15, 0.2) is 11.4 Å². The third-order valence-corrected chi connectivity index (χ3v) is 5.77. The quantitative estimate of drug-likeness (QED) is 0.903. The number of nitrogens with one attached hydrogen (secondary N) is 1. The molecule has 0 radical (unpaired) electrons. The van der Waals surface area contributed by atoms with E-state index < -0.39 is 0 Å². The zero-order chi connectivity index (χ0) is 15.7. The van der Waals surface area contributed by atoms with Gasteiger partial charge in [0.05, 0.1) is 5.92 Å². The molecule has 2 aliphatic heterocycles. The van der Waals surface area contributed by atoms with E-state index in [1.165, 1.54) is 10.4 Å². The minimum absolute atomic E-state index is 0.0118. The highest BCUT2D eigenvalue weighted by atomic mass is 32.1. The van der Waals surface area contributed by atoms with Gasteiger partial charge in [-0.25, -0.2) is 0 Å². The fraction of sp³-hybridized carbons (Fsp3) is 0.625. The van der Waals surface area contributed by atoms with Crippen molar-refractivity contribution in [3.8, 4) is 0 Å². The fourth-order valence-electron chi connectivity index (χ4n) is 3.21. The molecular formula is C16H23N3O2S. The first-order valence-corrected chi connectivity index (χ1v) is 8.73. The lowest BCUT2D eigenvalue weighted by Crippen LogP contribution is -2.45. The summed E-state index contributed by atoms with van der Waals surface area (Å²) in [6, 6.07) is 2.52. The number of likely N-dealkylation sites (tertiary alicyclic amines) is 1. The Morgan fingerprint density at radius 1 is 1.55 bits per heavy atom. The summed E-state index contributed by atoms with van der Waals surface area (Å²) in [7, 11) is 1.75. The van der Waals surface area contributed by atoms with E-state index in [1.54, 1.807) is 11.9 Å². The van der Waals surface area contributed by atoms with E-state index in [0.29, 0.717) is 25.6 Å². The van der Waals surface area contributed by atoms with Gasteiger partial charge in [0, 0.05) is 50.6 Å². The molecule has 3 heterocycles. The van der Waals surface area contributed by atoms with E-state index in [9.17, 15) is 9.59 Å². The molecule has 1 saturated heterocycles. The summed E-state index contributed by atoms with van der Waals surface area (Å²) in [6.45, 7) is 5.37. The minimum Gasteiger partial charge on any atom is -0.354 e. The SMILES string of the molecule is C[C@H](CNC(=O)[C@H]1CC(=O)N(C)C1)N1CCc2sccc2C1. The number of nitrogens with zero attached hydrogens (tertiary/aromatic N) is 2. The Balaban J connectivity index is 1.48. The first-order chi connectivity index (χ1) is 10.5. The van der Waals surface area contributed by atoms with Crippen LogP contribution in [0.25, 0.3) is 0 Å². The number of rotatable bonds is 4. The number of amides is 2. The molecule has 6 heteroatoms. The Bertz CT molecular complexity index is 571. The Hall–Kier alpha value is -1.40. The van der Waals surface area contributed by atoms with E-state index in [-0.39, 0.29) is 17.7 Å². The molecule has 22 heavy (non-hydrogen) atoms. The molecule has 1 N–H and O–H groups in total. The average Bonchev–Trinajstić information content (AvgIpc) is 3.10. The van der Waals surface area contributed by atoms with Crippen LogP contribution in [0.1, 0.15) is 23.8 Å². The van der Waals surface area contributed by atoms with Crippen molar-refractivity contribution in [1.82, 2.24) is 15.1 Å². The van der Waals surface area contributed by atoms with Crippen LogP contribution in [0, 0.1) is 5.92 Å². The zero-order valence-corrected chi connectivity index (χ0v) is 14.0. The smallest absolute Gasteiger partial charge is 0.225 e. The molecule has 1 aromatic heterocycles. The molecule has 0 aliphatic carbocycles. The Kier molecular flexibility index (Phi) is 4.49. The van der Waals surface area contributed by atoms with Gasteiger partial charge in [0.2, 0.25) is 11.8 Å². The normalized spacial score (nSPS) is 23.5. The van der Waals surface area contributed by atoms with Crippen LogP contribution < -0.4 is 5.32 Å². The van der Waals surface area contributed by atoms with E-state index >= 15 is 0 Å². The second-order valence-electron chi connectivity index (χ2n) is 6.36. The first-order valence-electron chi connectivity index (χ1n) is 7.85. The highest BCUT2D eigenvalue weighted by molar-refractivity contribution is 7.10. The highest BCUT2D eigenvalue weighted by Crippen LogP contribution is 2.25. The van der Waals surface area contributed by atoms with Gasteiger partial charge in [-0.2, -0.15) is 0 Å². The number of thiophene rings is 1. The van der Waals surface area contributed by atoms with Crippen molar-refractivity contribution in [2.75, 3.05) is 26.7 Å². The van der Waals surface area contributed by atoms with Gasteiger partial charge in [-0.1, -0.05) is 0 Å². The molecule has 120 valence electrons. The Labute approximate surface area is 135 Å². The summed E-state index contributed by atoms with van der Waals surface area (Å²) < 4.78 is 0. The monoisotopic (exact) mass is 321 g/mol. The molecule has 2 amide bonds. The van der Waals surface area contributed by atoms with Crippen molar-refractivity contribution in [2.24, 2.45) is 5.92 Å². The second kappa shape index (κ2) is 6.38. The summed E-state index contributed by atoms with van der Waals surface area (Å²) >= 11 is 1.84. The molecule has 0 bridgehead atoms. The molecule has 2 aliphatic rings. The zero-order valence-electron chi connectivity index (χ0n) is 13.2. The topological polar surface area (TPSA) is 52.7 Å². The maximum Gasteiger partial charge on any atom is 0.225 e. The second-order valence-corrected chi connectivity index (χ2v) is 7.36. The molecule has 1 fully saturated rings. The van der Waals surface area contributed by atoms with Crippen molar-refractivity contribution in [3.63, 3.8) is 0 Å². The molecule has 1 aromatic rings. The van der Waals surface area contributed by atoms with Crippen molar-refractivity contribution in [3.05, 3.63) is 21.9 Å². The van der Waals surface area contributed by atoms with Crippen molar-refractivity contribution in [1.29, 1.82) is 0 Å². The minimum atomic E-state index is -0.186. The number of fused-ring (bicyclic) bond motifs is 1. The Morgan fingerprint density at radius 2 is 2.36 bits per heavy atom. The van der Waals surface area contributed by atoms with Crippen molar-refractivity contribution in [2.45, 2.75) is 32.4 Å². The van der Waals surface area contributed by atoms with Crippen LogP contribution in [-0.2, 0) is 22.6 Å². The van der Waals surface area contributed by atoms with Crippen LogP contribution in [0.3, 0.4) is 0 Å². The van der Waals surface area contributed by atoms with E-state index in [4.69, 9.17) is 0 Å². The predicted molar refractivity (Wildman–Crippen MR) is 86.6 cm³/mol. The lowest BCUT2D eigenvalue weighted by Gasteiger charge is -2.32. The summed E-state index contributed by atoms with van der Waals surface area (Å²) in [5.41, 5.74) is 1.43. The van der Waals surface area contributed by atoms with Gasteiger partial charge >= 0.3 is 0 Å². The predicted octanol–water partition coefficient (Wildman–Crippen LogP) is 1.09. The van der Waals surface area contributed by atoms with Gasteiger partial charge in [0.15, 0.2) is 0 Å². The van der Waals surface area contributed by atoms with Gasteiger partial charge in [-0.3, -0.25) is 14.5 Å². The molecule has 0 unspecified atom stereocenters. The summed E-state index contributed by atoms with van der Waals surface area (Å²) in [5, 5.41) is 5.18. The Morgan fingerprint density at radius 3 is 3.09 bits per heavy atom. The largest absolute Gasteiger partial charge is 0.354 e. The molecular weight excluding hydrogens is 298 g/mol. The molecule has 0 spiro atoms. The van der Waals surface area contributed by atoms with Gasteiger partial charge in [-0.15, -0.1) is 11.3 Å². The fourth-order valence-corrected chi connectivity index (χ4v) is 4.10. The van der Waals surface area contributed by atoms with E-state index in [1.807, 2.05) is 11.3 Å². The van der Waals surface area contributed by atoms with Crippen molar-refractivity contribution < 1.29 is 9.59 Å². The number of hydrogen-bond donors (Lipinski definition) is 1. The lowest BCUT2D eigenvalue weighted by atomic mass is 10.1. The van der Waals surface area contributed by atoms with Crippen LogP contribution in [0.4, 0.5) is 0 Å². The van der Waals surface area contributed by atoms with Gasteiger partial charge < -0.3 is 10.2 Å². The van der Waals surface area contributed by atoms with Crippen LogP contribution in [0.2, 0.25) is 0 Å². The highest BCUT2D eigenvalue weighted by Gasteiger charge is 2.32. The first kappa shape index (κ1) is 15.5. The molecule has 0 aromatic carbocycles. The third-order valence-electron chi connectivity index (χ3n) is 4.74. The summed E-state index contributed by atoms with van der Waals surface area (Å²) in [5.74, 6) is -0.110. The summed E-state index contributed by atoms with van der Waals surface area (Å²) in [4.78, 5) is 29.2. The molecule has 2 atom stereocenters. The van der Waals surface area contributed by atoms with Gasteiger partial charge in [0.25, 0.3) is 0 Å². The average molecular weight is 321 g/mol. The van der Waals surface area contributed by atoms with Crippen LogP contribution in [0.5, 0.6) is 0 Å². The van der Waals surface area contributed by atoms with Crippen molar-refractivity contribution >= 4 is 23.2 Å². The third kappa shape index (κ3) is 3.17. The van der Waals surface area contributed by atoms with E-state index in [0.717, 1.165) is 19.5 Å². The van der Waals surface area contributed by atoms with Crippen LogP contribution >= 0.6 is 11.3 Å². The molecule has 0 saturated carbocycles. The van der Waals surface area contributed by atoms with Gasteiger partial charge in [0.1, 0.15) is 0 Å². The number of carbonyl (C=O) groups is 2.